The SMILES string of the molecule is CC(C)C(N)CO.CC(C)CN.CCC(N)(CO)CO.CCCCN.NC1(CO)CCCC1.NC1CCC(O)CC1.NC1CCC1.NC1CCCCC1O.NCC1CC1.NCCCCCCO. The van der Waals surface area contributed by atoms with E-state index in [0.29, 0.717) is 36.9 Å². The quantitative estimate of drug-likeness (QED) is 0.105. The lowest BCUT2D eigenvalue weighted by Crippen LogP contribution is -2.46. The summed E-state index contributed by atoms with van der Waals surface area (Å²) in [6, 6.07) is 0.942. The minimum Gasteiger partial charge on any atom is -0.396 e. The average Bonchev–Trinajstić information content (AvgIpc) is 4.08. The van der Waals surface area contributed by atoms with Crippen LogP contribution in [0.4, 0.5) is 0 Å². The van der Waals surface area contributed by atoms with Gasteiger partial charge in [-0.1, -0.05) is 92.9 Å². The van der Waals surface area contributed by atoms with Crippen molar-refractivity contribution in [1.29, 1.82) is 0 Å². The molecule has 5 fully saturated rings. The van der Waals surface area contributed by atoms with E-state index < -0.39 is 5.54 Å². The van der Waals surface area contributed by atoms with Gasteiger partial charge in [0.25, 0.3) is 0 Å². The van der Waals surface area contributed by atoms with Crippen molar-refractivity contribution < 1.29 is 35.7 Å². The number of hydrogen-bond acceptors (Lipinski definition) is 17. The van der Waals surface area contributed by atoms with Gasteiger partial charge in [0.2, 0.25) is 0 Å². The third-order valence-corrected chi connectivity index (χ3v) is 12.2. The zero-order valence-electron chi connectivity index (χ0n) is 44.4. The van der Waals surface area contributed by atoms with E-state index in [1.54, 1.807) is 0 Å². The van der Waals surface area contributed by atoms with E-state index in [0.717, 1.165) is 116 Å². The second-order valence-electron chi connectivity index (χ2n) is 20.0. The highest BCUT2D eigenvalue weighted by atomic mass is 16.3. The van der Waals surface area contributed by atoms with Crippen molar-refractivity contribution in [1.82, 2.24) is 0 Å². The van der Waals surface area contributed by atoms with E-state index in [4.69, 9.17) is 93.1 Å². The zero-order valence-corrected chi connectivity index (χ0v) is 44.4. The van der Waals surface area contributed by atoms with E-state index in [-0.39, 0.29) is 56.3 Å². The van der Waals surface area contributed by atoms with Crippen LogP contribution in [0.2, 0.25) is 0 Å². The maximum absolute atomic E-state index is 9.05. The second-order valence-corrected chi connectivity index (χ2v) is 20.0. The van der Waals surface area contributed by atoms with Crippen molar-refractivity contribution in [3.8, 4) is 0 Å². The Morgan fingerprint density at radius 3 is 1.25 bits per heavy atom. The smallest absolute Gasteiger partial charge is 0.0691 e. The van der Waals surface area contributed by atoms with Crippen molar-refractivity contribution >= 4 is 0 Å². The van der Waals surface area contributed by atoms with Crippen LogP contribution in [0.5, 0.6) is 0 Å². The first-order chi connectivity index (χ1) is 31.6. The summed E-state index contributed by atoms with van der Waals surface area (Å²) in [5.74, 6) is 1.97. The highest BCUT2D eigenvalue weighted by Gasteiger charge is 2.27. The third-order valence-electron chi connectivity index (χ3n) is 12.2. The summed E-state index contributed by atoms with van der Waals surface area (Å²) in [5, 5.41) is 60.4. The molecule has 0 bridgehead atoms. The van der Waals surface area contributed by atoms with E-state index in [2.05, 4.69) is 20.8 Å². The van der Waals surface area contributed by atoms with Gasteiger partial charge in [0.05, 0.1) is 44.2 Å². The first-order valence-electron chi connectivity index (χ1n) is 26.5. The normalized spacial score (nSPS) is 21.8. The minimum absolute atomic E-state index is 0.0417. The van der Waals surface area contributed by atoms with Gasteiger partial charge in [0, 0.05) is 36.3 Å². The van der Waals surface area contributed by atoms with E-state index in [9.17, 15) is 0 Å². The van der Waals surface area contributed by atoms with E-state index in [1.165, 1.54) is 64.2 Å². The molecule has 5 aliphatic carbocycles. The van der Waals surface area contributed by atoms with Crippen LogP contribution in [0.15, 0.2) is 0 Å². The van der Waals surface area contributed by atoms with Crippen LogP contribution in [0.25, 0.3) is 0 Å². The highest BCUT2D eigenvalue weighted by molar-refractivity contribution is 4.88. The molecule has 412 valence electrons. The minimum atomic E-state index is -0.764. The van der Waals surface area contributed by atoms with Gasteiger partial charge in [0.15, 0.2) is 0 Å². The Balaban J connectivity index is -0.000000214. The molecular formula is C50H120N10O7. The number of nitrogens with two attached hydrogens (primary N) is 10. The zero-order chi connectivity index (χ0) is 52.5. The Kier molecular flexibility index (Phi) is 59.7. The molecule has 5 aliphatic rings. The molecule has 3 atom stereocenters. The Morgan fingerprint density at radius 2 is 1.07 bits per heavy atom. The molecule has 5 rings (SSSR count). The number of aliphatic hydroxyl groups is 7. The molecule has 0 aromatic rings. The Bertz CT molecular complexity index is 877. The topological polar surface area (TPSA) is 402 Å². The van der Waals surface area contributed by atoms with Crippen molar-refractivity contribution in [3.63, 3.8) is 0 Å². The molecule has 0 saturated heterocycles. The van der Waals surface area contributed by atoms with Gasteiger partial charge in [-0.3, -0.25) is 0 Å². The van der Waals surface area contributed by atoms with E-state index in [1.807, 2.05) is 20.8 Å². The summed E-state index contributed by atoms with van der Waals surface area (Å²) < 4.78 is 0. The van der Waals surface area contributed by atoms with Gasteiger partial charge < -0.3 is 93.1 Å². The molecule has 67 heavy (non-hydrogen) atoms. The van der Waals surface area contributed by atoms with Crippen LogP contribution in [-0.4, -0.2) is 142 Å². The molecule has 3 unspecified atom stereocenters. The van der Waals surface area contributed by atoms with Crippen LogP contribution in [0.3, 0.4) is 0 Å². The monoisotopic (exact) mass is 973 g/mol. The maximum Gasteiger partial charge on any atom is 0.0691 e. The van der Waals surface area contributed by atoms with Crippen molar-refractivity contribution in [2.24, 2.45) is 75.1 Å². The highest BCUT2D eigenvalue weighted by Crippen LogP contribution is 2.27. The summed E-state index contributed by atoms with van der Waals surface area (Å²) in [6.07, 6.45) is 26.1. The summed E-state index contributed by atoms with van der Waals surface area (Å²) in [7, 11) is 0. The molecule has 0 heterocycles. The van der Waals surface area contributed by atoms with Gasteiger partial charge in [-0.05, 0) is 147 Å². The summed E-state index contributed by atoms with van der Waals surface area (Å²) in [5.41, 5.74) is 52.8. The van der Waals surface area contributed by atoms with Gasteiger partial charge >= 0.3 is 0 Å². The van der Waals surface area contributed by atoms with Crippen LogP contribution in [0, 0.1) is 17.8 Å². The molecule has 27 N–H and O–H groups in total. The third kappa shape index (κ3) is 57.8. The van der Waals surface area contributed by atoms with Crippen LogP contribution in [-0.2, 0) is 0 Å². The Morgan fingerprint density at radius 1 is 0.612 bits per heavy atom. The molecule has 17 heteroatoms. The lowest BCUT2D eigenvalue weighted by molar-refractivity contribution is 0.108. The van der Waals surface area contributed by atoms with Gasteiger partial charge in [-0.25, -0.2) is 0 Å². The Labute approximate surface area is 412 Å². The number of aliphatic hydroxyl groups excluding tert-OH is 7. The fraction of sp³-hybridized carbons (Fsp3) is 1.00. The van der Waals surface area contributed by atoms with Crippen LogP contribution < -0.4 is 57.3 Å². The predicted octanol–water partition coefficient (Wildman–Crippen LogP) is 2.48. The van der Waals surface area contributed by atoms with Crippen molar-refractivity contribution in [3.05, 3.63) is 0 Å². The molecule has 17 nitrogen and oxygen atoms in total. The molecule has 0 spiro atoms. The Hall–Kier alpha value is -0.680. The first kappa shape index (κ1) is 75.3. The summed E-state index contributed by atoms with van der Waals surface area (Å²) in [6.45, 7) is 15.7. The molecular weight excluding hydrogens is 853 g/mol. The lowest BCUT2D eigenvalue weighted by Gasteiger charge is -2.23. The fourth-order valence-corrected chi connectivity index (χ4v) is 5.57. The number of rotatable bonds is 15. The molecule has 0 amide bonds. The molecule has 0 radical (unpaired) electrons. The maximum atomic E-state index is 9.05. The largest absolute Gasteiger partial charge is 0.396 e. The van der Waals surface area contributed by atoms with Gasteiger partial charge in [0.1, 0.15) is 0 Å². The molecule has 5 saturated carbocycles. The van der Waals surface area contributed by atoms with E-state index >= 15 is 0 Å². The van der Waals surface area contributed by atoms with Gasteiger partial charge in [-0.15, -0.1) is 0 Å². The fourth-order valence-electron chi connectivity index (χ4n) is 5.57. The second kappa shape index (κ2) is 53.1. The number of hydrogen-bond donors (Lipinski definition) is 17. The van der Waals surface area contributed by atoms with Crippen LogP contribution in [0.1, 0.15) is 196 Å². The van der Waals surface area contributed by atoms with Crippen molar-refractivity contribution in [2.45, 2.75) is 243 Å². The van der Waals surface area contributed by atoms with Crippen LogP contribution >= 0.6 is 0 Å². The average molecular weight is 974 g/mol. The summed E-state index contributed by atoms with van der Waals surface area (Å²) in [4.78, 5) is 0. The first-order valence-corrected chi connectivity index (χ1v) is 26.5. The van der Waals surface area contributed by atoms with Gasteiger partial charge in [-0.2, -0.15) is 0 Å². The molecule has 0 aromatic heterocycles. The predicted molar refractivity (Wildman–Crippen MR) is 285 cm³/mol. The summed E-state index contributed by atoms with van der Waals surface area (Å²) >= 11 is 0. The standard InChI is InChI=1S/3C6H13NO.C6H15NO.C5H13NO2.C5H13NO.2C4H9N.2C4H11N/c7-5-1-3-6(8)4-2-5;7-6(5-8)3-1-2-4-6;7-5-3-1-2-4-6(5)8;7-5-3-1-2-4-6-8;1-2-5(6,3-7)4-8;1-4(2)5(6)3-7;5-3-4-1-2-4;5-4-2-1-3-4;1-4(2)3-5;1-2-3-4-5/h5-6,8H,1-4,7H2;8H,1-5,7H2;5-6,8H,1-4,7H2;8H,1-7H2;7-8H,2-4,6H2,1H3;4-5,7H,3,6H2,1-2H3;2*4H,1-3,5H2;4H,3,5H2,1-2H3;2-5H2,1H3. The molecule has 0 aromatic carbocycles. The van der Waals surface area contributed by atoms with Crippen molar-refractivity contribution in [2.75, 3.05) is 59.2 Å². The molecule has 0 aliphatic heterocycles. The number of unbranched alkanes of at least 4 members (excludes halogenated alkanes) is 4. The lowest BCUT2D eigenvalue weighted by atomic mass is 9.94.